The summed E-state index contributed by atoms with van der Waals surface area (Å²) in [4.78, 5) is 1.80. The van der Waals surface area contributed by atoms with Gasteiger partial charge in [-0.25, -0.2) is 0 Å². The number of terminal acetylenes is 1. The summed E-state index contributed by atoms with van der Waals surface area (Å²) in [6.45, 7) is 0.973. The summed E-state index contributed by atoms with van der Waals surface area (Å²) in [5.74, 6) is 3.02. The molecular weight excluding hydrogens is 265 g/mol. The van der Waals surface area contributed by atoms with Gasteiger partial charge >= 0.3 is 6.18 Å². The molecule has 1 aromatic rings. The van der Waals surface area contributed by atoms with Crippen LogP contribution in [0.1, 0.15) is 24.0 Å². The van der Waals surface area contributed by atoms with Gasteiger partial charge in [0.2, 0.25) is 0 Å². The molecule has 1 aliphatic carbocycles. The van der Waals surface area contributed by atoms with Crippen LogP contribution in [0.25, 0.3) is 0 Å². The Labute approximate surface area is 115 Å². The fraction of sp³-hybridized carbons (Fsp3) is 0.400. The Bertz CT molecular complexity index is 574. The minimum Gasteiger partial charge on any atom is -0.359 e. The molecule has 1 aromatic carbocycles. The van der Waals surface area contributed by atoms with Crippen LogP contribution in [0.2, 0.25) is 0 Å². The Morgan fingerprint density at radius 2 is 2.05 bits per heavy atom. The molecule has 0 unspecified atom stereocenters. The van der Waals surface area contributed by atoms with Crippen molar-refractivity contribution in [3.8, 4) is 18.4 Å². The van der Waals surface area contributed by atoms with Crippen molar-refractivity contribution in [1.29, 1.82) is 5.26 Å². The Kier molecular flexibility index (Phi) is 3.90. The molecule has 0 saturated heterocycles. The number of nitriles is 1. The van der Waals surface area contributed by atoms with E-state index in [0.717, 1.165) is 25.0 Å². The number of anilines is 1. The second-order valence-electron chi connectivity index (χ2n) is 4.87. The van der Waals surface area contributed by atoms with Crippen molar-refractivity contribution in [2.75, 3.05) is 18.0 Å². The maximum Gasteiger partial charge on any atom is 0.416 e. The molecule has 0 radical (unpaired) electrons. The zero-order chi connectivity index (χ0) is 14.8. The highest BCUT2D eigenvalue weighted by Gasteiger charge is 2.32. The van der Waals surface area contributed by atoms with E-state index in [1.54, 1.807) is 4.90 Å². The summed E-state index contributed by atoms with van der Waals surface area (Å²) in [6, 6.07) is 5.04. The summed E-state index contributed by atoms with van der Waals surface area (Å²) < 4.78 is 37.9. The zero-order valence-electron chi connectivity index (χ0n) is 10.7. The monoisotopic (exact) mass is 278 g/mol. The van der Waals surface area contributed by atoms with Gasteiger partial charge in [0.25, 0.3) is 0 Å². The average molecular weight is 278 g/mol. The molecule has 0 bridgehead atoms. The first-order chi connectivity index (χ1) is 9.45. The lowest BCUT2D eigenvalue weighted by molar-refractivity contribution is -0.137. The zero-order valence-corrected chi connectivity index (χ0v) is 10.7. The van der Waals surface area contributed by atoms with Gasteiger partial charge < -0.3 is 4.90 Å². The lowest BCUT2D eigenvalue weighted by Gasteiger charge is -2.24. The molecule has 0 heterocycles. The van der Waals surface area contributed by atoms with Crippen LogP contribution in [0.15, 0.2) is 18.2 Å². The molecule has 104 valence electrons. The molecule has 0 aromatic heterocycles. The molecule has 1 aliphatic rings. The largest absolute Gasteiger partial charge is 0.416 e. The van der Waals surface area contributed by atoms with Gasteiger partial charge in [-0.15, -0.1) is 6.42 Å². The van der Waals surface area contributed by atoms with Gasteiger partial charge in [0.15, 0.2) is 0 Å². The third-order valence-electron chi connectivity index (χ3n) is 3.24. The van der Waals surface area contributed by atoms with E-state index in [4.69, 9.17) is 11.7 Å². The minimum atomic E-state index is -4.45. The van der Waals surface area contributed by atoms with Crippen molar-refractivity contribution < 1.29 is 13.2 Å². The number of hydrogen-bond donors (Lipinski definition) is 0. The lowest BCUT2D eigenvalue weighted by atomic mass is 10.1. The average Bonchev–Trinajstić information content (AvgIpc) is 3.20. The van der Waals surface area contributed by atoms with E-state index in [1.165, 1.54) is 6.07 Å². The van der Waals surface area contributed by atoms with Gasteiger partial charge in [0.1, 0.15) is 6.07 Å². The first-order valence-corrected chi connectivity index (χ1v) is 6.25. The van der Waals surface area contributed by atoms with E-state index in [1.807, 2.05) is 6.07 Å². The predicted molar refractivity (Wildman–Crippen MR) is 69.9 cm³/mol. The fourth-order valence-electron chi connectivity index (χ4n) is 2.05. The summed E-state index contributed by atoms with van der Waals surface area (Å²) in [5.41, 5.74) is -0.328. The summed E-state index contributed by atoms with van der Waals surface area (Å²) in [6.07, 6.45) is 3.05. The van der Waals surface area contributed by atoms with Crippen molar-refractivity contribution in [1.82, 2.24) is 0 Å². The van der Waals surface area contributed by atoms with Gasteiger partial charge in [-0.2, -0.15) is 18.4 Å². The Balaban J connectivity index is 2.34. The molecule has 5 heteroatoms. The molecule has 20 heavy (non-hydrogen) atoms. The number of halogens is 3. The molecule has 0 spiro atoms. The highest BCUT2D eigenvalue weighted by atomic mass is 19.4. The van der Waals surface area contributed by atoms with Gasteiger partial charge in [0.05, 0.1) is 23.4 Å². The van der Waals surface area contributed by atoms with E-state index in [9.17, 15) is 13.2 Å². The van der Waals surface area contributed by atoms with Crippen LogP contribution in [0, 0.1) is 29.6 Å². The van der Waals surface area contributed by atoms with Gasteiger partial charge in [-0.1, -0.05) is 5.92 Å². The quantitative estimate of drug-likeness (QED) is 0.789. The lowest BCUT2D eigenvalue weighted by Crippen LogP contribution is -2.27. The number of alkyl halides is 3. The van der Waals surface area contributed by atoms with Crippen LogP contribution in [0.3, 0.4) is 0 Å². The first-order valence-electron chi connectivity index (χ1n) is 6.25. The third-order valence-corrected chi connectivity index (χ3v) is 3.24. The molecule has 0 amide bonds. The molecule has 0 N–H and O–H groups in total. The molecule has 2 nitrogen and oxygen atoms in total. The van der Waals surface area contributed by atoms with Crippen molar-refractivity contribution in [2.45, 2.75) is 19.0 Å². The number of nitrogens with zero attached hydrogens (tertiary/aromatic N) is 2. The highest BCUT2D eigenvalue weighted by molar-refractivity contribution is 5.61. The van der Waals surface area contributed by atoms with Crippen molar-refractivity contribution in [3.05, 3.63) is 29.3 Å². The van der Waals surface area contributed by atoms with Crippen LogP contribution < -0.4 is 4.90 Å². The van der Waals surface area contributed by atoms with Crippen LogP contribution in [-0.2, 0) is 6.18 Å². The molecule has 2 rings (SSSR count). The molecule has 1 saturated carbocycles. The summed E-state index contributed by atoms with van der Waals surface area (Å²) >= 11 is 0. The second-order valence-corrected chi connectivity index (χ2v) is 4.87. The van der Waals surface area contributed by atoms with Crippen LogP contribution in [0.5, 0.6) is 0 Å². The third kappa shape index (κ3) is 3.24. The van der Waals surface area contributed by atoms with Crippen molar-refractivity contribution in [2.24, 2.45) is 5.92 Å². The first kappa shape index (κ1) is 14.3. The Morgan fingerprint density at radius 1 is 1.35 bits per heavy atom. The Morgan fingerprint density at radius 3 is 2.55 bits per heavy atom. The van der Waals surface area contributed by atoms with Crippen LogP contribution >= 0.6 is 0 Å². The smallest absolute Gasteiger partial charge is 0.359 e. The predicted octanol–water partition coefficient (Wildman–Crippen LogP) is 3.43. The van der Waals surface area contributed by atoms with E-state index in [2.05, 4.69) is 5.92 Å². The van der Waals surface area contributed by atoms with Gasteiger partial charge in [-0.3, -0.25) is 0 Å². The van der Waals surface area contributed by atoms with Crippen molar-refractivity contribution >= 4 is 5.69 Å². The summed E-state index contributed by atoms with van der Waals surface area (Å²) in [7, 11) is 0. The maximum atomic E-state index is 12.6. The SMILES string of the molecule is C#CCN(CC1CC1)c1ccc(C(F)(F)F)cc1C#N. The second kappa shape index (κ2) is 5.46. The maximum absolute atomic E-state index is 12.6. The summed E-state index contributed by atoms with van der Waals surface area (Å²) in [5, 5.41) is 9.08. The Hall–Kier alpha value is -2.14. The molecule has 0 aliphatic heterocycles. The van der Waals surface area contributed by atoms with Crippen LogP contribution in [-0.4, -0.2) is 13.1 Å². The minimum absolute atomic E-state index is 0.00993. The number of benzene rings is 1. The van der Waals surface area contributed by atoms with Crippen molar-refractivity contribution in [3.63, 3.8) is 0 Å². The molecule has 0 atom stereocenters. The van der Waals surface area contributed by atoms with Gasteiger partial charge in [-0.05, 0) is 37.0 Å². The van der Waals surface area contributed by atoms with E-state index >= 15 is 0 Å². The topological polar surface area (TPSA) is 27.0 Å². The normalized spacial score (nSPS) is 14.4. The highest BCUT2D eigenvalue weighted by Crippen LogP contribution is 2.35. The standard InChI is InChI=1S/C15H13F3N2/c1-2-7-20(10-11-3-4-11)14-6-5-13(15(16,17)18)8-12(14)9-19/h1,5-6,8,11H,3-4,7,10H2. The number of rotatable bonds is 4. The molecular formula is C15H13F3N2. The molecule has 1 fully saturated rings. The van der Waals surface area contributed by atoms with E-state index in [0.29, 0.717) is 18.2 Å². The van der Waals surface area contributed by atoms with Crippen LogP contribution in [0.4, 0.5) is 18.9 Å². The fourth-order valence-corrected chi connectivity index (χ4v) is 2.05. The van der Waals surface area contributed by atoms with E-state index < -0.39 is 11.7 Å². The van der Waals surface area contributed by atoms with E-state index in [-0.39, 0.29) is 12.1 Å². The van der Waals surface area contributed by atoms with Gasteiger partial charge in [0, 0.05) is 6.54 Å². The number of hydrogen-bond acceptors (Lipinski definition) is 2.